The number of hydrogen-bond acceptors (Lipinski definition) is 5. The van der Waals surface area contributed by atoms with Gasteiger partial charge in [-0.1, -0.05) is 0 Å². The van der Waals surface area contributed by atoms with E-state index in [1.165, 1.54) is 6.20 Å². The fraction of sp³-hybridized carbons (Fsp3) is 0.333. The van der Waals surface area contributed by atoms with Crippen molar-refractivity contribution in [1.82, 2.24) is 24.3 Å². The van der Waals surface area contributed by atoms with Crippen LogP contribution >= 0.6 is 0 Å². The molecule has 0 spiro atoms. The molecule has 0 unspecified atom stereocenters. The predicted octanol–water partition coefficient (Wildman–Crippen LogP) is 2.53. The largest absolute Gasteiger partial charge is 0.371 e. The highest BCUT2D eigenvalue weighted by Gasteiger charge is 2.31. The lowest BCUT2D eigenvalue weighted by atomic mass is 9.99. The zero-order valence-electron chi connectivity index (χ0n) is 14.1. The lowest BCUT2D eigenvalue weighted by Gasteiger charge is -2.35. The molecule has 1 N–H and O–H groups in total. The van der Waals surface area contributed by atoms with Gasteiger partial charge >= 0.3 is 0 Å². The van der Waals surface area contributed by atoms with Crippen LogP contribution in [0.25, 0.3) is 5.52 Å². The molecule has 128 valence electrons. The molecule has 1 saturated heterocycles. The van der Waals surface area contributed by atoms with Crippen molar-refractivity contribution in [3.8, 4) is 0 Å². The maximum Gasteiger partial charge on any atom is 0.274 e. The van der Waals surface area contributed by atoms with Crippen molar-refractivity contribution in [3.05, 3.63) is 54.5 Å². The van der Waals surface area contributed by atoms with E-state index in [1.807, 2.05) is 40.9 Å². The zero-order chi connectivity index (χ0) is 17.2. The number of rotatable bonds is 3. The van der Waals surface area contributed by atoms with Crippen LogP contribution in [0.15, 0.2) is 43.1 Å². The summed E-state index contributed by atoms with van der Waals surface area (Å²) < 4.78 is 2.05. The zero-order valence-corrected chi connectivity index (χ0v) is 14.1. The predicted molar refractivity (Wildman–Crippen MR) is 94.4 cm³/mol. The molecule has 1 aliphatic heterocycles. The van der Waals surface area contributed by atoms with Gasteiger partial charge in [0.05, 0.1) is 23.4 Å². The number of aromatic nitrogens is 4. The van der Waals surface area contributed by atoms with E-state index in [4.69, 9.17) is 4.98 Å². The first-order valence-electron chi connectivity index (χ1n) is 8.50. The standard InChI is InChI=1S/C18H20N6O/c1-19-17-16-6-4-9-23(16)12-14(22-17)15-5-2-3-10-24(15)18(25)13-11-20-7-8-21-13/h4,6-9,11-12,15H,2-3,5,10H2,1H3,(H,19,22)/t15-/m1/s1. The van der Waals surface area contributed by atoms with Gasteiger partial charge in [-0.3, -0.25) is 9.78 Å². The molecule has 0 bridgehead atoms. The first-order chi connectivity index (χ1) is 12.3. The second kappa shape index (κ2) is 6.51. The van der Waals surface area contributed by atoms with E-state index < -0.39 is 0 Å². The van der Waals surface area contributed by atoms with Gasteiger partial charge in [-0.15, -0.1) is 0 Å². The second-order valence-corrected chi connectivity index (χ2v) is 6.17. The normalized spacial score (nSPS) is 17.6. The van der Waals surface area contributed by atoms with Gasteiger partial charge in [-0.25, -0.2) is 9.97 Å². The maximum atomic E-state index is 12.9. The van der Waals surface area contributed by atoms with Gasteiger partial charge in [0.15, 0.2) is 0 Å². The van der Waals surface area contributed by atoms with Gasteiger partial charge in [0, 0.05) is 38.4 Å². The van der Waals surface area contributed by atoms with Crippen molar-refractivity contribution >= 4 is 17.2 Å². The molecule has 1 fully saturated rings. The maximum absolute atomic E-state index is 12.9. The Labute approximate surface area is 145 Å². The molecule has 4 rings (SSSR count). The topological polar surface area (TPSA) is 75.4 Å². The van der Waals surface area contributed by atoms with Gasteiger partial charge in [0.1, 0.15) is 11.5 Å². The Bertz CT molecular complexity index is 891. The van der Waals surface area contributed by atoms with Gasteiger partial charge in [-0.2, -0.15) is 0 Å². The summed E-state index contributed by atoms with van der Waals surface area (Å²) in [6.07, 6.45) is 11.6. The molecule has 1 atom stereocenters. The van der Waals surface area contributed by atoms with Crippen LogP contribution in [0.3, 0.4) is 0 Å². The number of carbonyl (C=O) groups excluding carboxylic acids is 1. The van der Waals surface area contributed by atoms with E-state index in [0.29, 0.717) is 12.2 Å². The third-order valence-corrected chi connectivity index (χ3v) is 4.66. The first-order valence-corrected chi connectivity index (χ1v) is 8.50. The fourth-order valence-corrected chi connectivity index (χ4v) is 3.45. The average molecular weight is 336 g/mol. The van der Waals surface area contributed by atoms with Crippen LogP contribution < -0.4 is 5.32 Å². The van der Waals surface area contributed by atoms with Crippen molar-refractivity contribution in [2.24, 2.45) is 0 Å². The average Bonchev–Trinajstić information content (AvgIpc) is 3.16. The number of amides is 1. The van der Waals surface area contributed by atoms with Gasteiger partial charge < -0.3 is 14.6 Å². The summed E-state index contributed by atoms with van der Waals surface area (Å²) in [7, 11) is 1.86. The van der Waals surface area contributed by atoms with Crippen molar-refractivity contribution in [2.45, 2.75) is 25.3 Å². The van der Waals surface area contributed by atoms with Gasteiger partial charge in [0.25, 0.3) is 5.91 Å². The van der Waals surface area contributed by atoms with Crippen LogP contribution in [-0.4, -0.2) is 43.8 Å². The quantitative estimate of drug-likeness (QED) is 0.795. The van der Waals surface area contributed by atoms with E-state index in [2.05, 4.69) is 15.3 Å². The molecule has 3 aromatic heterocycles. The molecule has 0 aromatic carbocycles. The Morgan fingerprint density at radius 2 is 2.24 bits per heavy atom. The van der Waals surface area contributed by atoms with Crippen LogP contribution in [0, 0.1) is 0 Å². The number of piperidine rings is 1. The van der Waals surface area contributed by atoms with Crippen molar-refractivity contribution < 1.29 is 4.79 Å². The molecule has 1 aliphatic rings. The highest BCUT2D eigenvalue weighted by molar-refractivity contribution is 5.92. The Morgan fingerprint density at radius 1 is 1.32 bits per heavy atom. The van der Waals surface area contributed by atoms with E-state index in [-0.39, 0.29) is 11.9 Å². The highest BCUT2D eigenvalue weighted by Crippen LogP contribution is 2.32. The minimum absolute atomic E-state index is 0.0536. The number of nitrogens with zero attached hydrogens (tertiary/aromatic N) is 5. The minimum Gasteiger partial charge on any atom is -0.371 e. The van der Waals surface area contributed by atoms with E-state index >= 15 is 0 Å². The molecular formula is C18H20N6O. The van der Waals surface area contributed by atoms with Crippen LogP contribution in [-0.2, 0) is 0 Å². The van der Waals surface area contributed by atoms with Crippen molar-refractivity contribution in [3.63, 3.8) is 0 Å². The summed E-state index contributed by atoms with van der Waals surface area (Å²) in [6.45, 7) is 0.709. The summed E-state index contributed by atoms with van der Waals surface area (Å²) in [6, 6.07) is 3.96. The molecule has 0 saturated carbocycles. The highest BCUT2D eigenvalue weighted by atomic mass is 16.2. The first kappa shape index (κ1) is 15.6. The second-order valence-electron chi connectivity index (χ2n) is 6.17. The summed E-state index contributed by atoms with van der Waals surface area (Å²) in [5.41, 5.74) is 2.30. The molecule has 0 radical (unpaired) electrons. The lowest BCUT2D eigenvalue weighted by Crippen LogP contribution is -2.39. The number of fused-ring (bicyclic) bond motifs is 1. The van der Waals surface area contributed by atoms with Gasteiger partial charge in [-0.05, 0) is 31.4 Å². The monoisotopic (exact) mass is 336 g/mol. The minimum atomic E-state index is -0.0850. The van der Waals surface area contributed by atoms with E-state index in [1.54, 1.807) is 12.4 Å². The third-order valence-electron chi connectivity index (χ3n) is 4.66. The molecular weight excluding hydrogens is 316 g/mol. The summed E-state index contributed by atoms with van der Waals surface area (Å²) >= 11 is 0. The Balaban J connectivity index is 1.73. The molecule has 0 aliphatic carbocycles. The number of hydrogen-bond donors (Lipinski definition) is 1. The molecule has 1 amide bonds. The van der Waals surface area contributed by atoms with E-state index in [9.17, 15) is 4.79 Å². The molecule has 25 heavy (non-hydrogen) atoms. The number of nitrogens with one attached hydrogen (secondary N) is 1. The Kier molecular flexibility index (Phi) is 4.05. The van der Waals surface area contributed by atoms with E-state index in [0.717, 1.165) is 36.3 Å². The smallest absolute Gasteiger partial charge is 0.274 e. The lowest BCUT2D eigenvalue weighted by molar-refractivity contribution is 0.0599. The number of likely N-dealkylation sites (tertiary alicyclic amines) is 1. The third kappa shape index (κ3) is 2.82. The van der Waals surface area contributed by atoms with Crippen LogP contribution in [0.1, 0.15) is 41.5 Å². The summed E-state index contributed by atoms with van der Waals surface area (Å²) in [5.74, 6) is 0.734. The van der Waals surface area contributed by atoms with Gasteiger partial charge in [0.2, 0.25) is 0 Å². The molecule has 3 aromatic rings. The van der Waals surface area contributed by atoms with Crippen LogP contribution in [0.4, 0.5) is 5.82 Å². The number of anilines is 1. The van der Waals surface area contributed by atoms with Crippen molar-refractivity contribution in [1.29, 1.82) is 0 Å². The van der Waals surface area contributed by atoms with Crippen LogP contribution in [0.2, 0.25) is 0 Å². The molecule has 7 heteroatoms. The Hall–Kier alpha value is -2.96. The Morgan fingerprint density at radius 3 is 3.04 bits per heavy atom. The van der Waals surface area contributed by atoms with Crippen molar-refractivity contribution in [2.75, 3.05) is 18.9 Å². The van der Waals surface area contributed by atoms with Crippen LogP contribution in [0.5, 0.6) is 0 Å². The molecule has 4 heterocycles. The molecule has 7 nitrogen and oxygen atoms in total. The number of carbonyl (C=O) groups is 1. The summed E-state index contributed by atoms with van der Waals surface area (Å²) in [4.78, 5) is 27.8. The summed E-state index contributed by atoms with van der Waals surface area (Å²) in [5, 5.41) is 3.15. The SMILES string of the molecule is CNc1nc([C@H]2CCCCN2C(=O)c2cnccn2)cn2cccc12. The fourth-order valence-electron chi connectivity index (χ4n) is 3.45.